The third-order valence-corrected chi connectivity index (χ3v) is 6.40. The van der Waals surface area contributed by atoms with Crippen molar-refractivity contribution in [2.24, 2.45) is 7.05 Å². The quantitative estimate of drug-likeness (QED) is 0.487. The topological polar surface area (TPSA) is 126 Å². The van der Waals surface area contributed by atoms with Gasteiger partial charge in [0.05, 0.1) is 0 Å². The normalized spacial score (nSPS) is 13.8. The number of H-pyrrole nitrogens is 1. The summed E-state index contributed by atoms with van der Waals surface area (Å²) >= 11 is 0. The number of benzene rings is 2. The molecule has 2 amide bonds. The minimum Gasteiger partial charge on any atom is -0.445 e. The second-order valence-electron chi connectivity index (χ2n) is 8.67. The number of anilines is 2. The smallest absolute Gasteiger partial charge is 0.410 e. The highest BCUT2D eigenvalue weighted by Gasteiger charge is 2.25. The average Bonchev–Trinajstić information content (AvgIpc) is 2.91. The molecule has 1 fully saturated rings. The molecule has 10 nitrogen and oxygen atoms in total. The molecule has 3 N–H and O–H groups in total. The molecule has 188 valence electrons. The molecule has 1 aliphatic rings. The standard InChI is InChI=1S/C26H29N5O5/c1-27-22-21(24(33)29-25(34)30(22)2)28-23(32)20-10-8-18(9-11-20)19-12-14-31(15-13-19)26(35)36-16-17-6-4-3-5-7-17/h3-11,19,27H,12-16H2,1-2H3,(H,28,32)(H,29,33,34). The van der Waals surface area contributed by atoms with Gasteiger partial charge in [-0.1, -0.05) is 42.5 Å². The molecule has 2 heterocycles. The zero-order chi connectivity index (χ0) is 25.7. The van der Waals surface area contributed by atoms with Crippen LogP contribution in [0.1, 0.15) is 40.2 Å². The lowest BCUT2D eigenvalue weighted by Crippen LogP contribution is -2.38. The van der Waals surface area contributed by atoms with Crippen molar-refractivity contribution >= 4 is 23.5 Å². The van der Waals surface area contributed by atoms with Crippen LogP contribution in [0, 0.1) is 0 Å². The molecule has 0 radical (unpaired) electrons. The fourth-order valence-corrected chi connectivity index (χ4v) is 4.33. The third kappa shape index (κ3) is 5.48. The minimum atomic E-state index is -0.679. The summed E-state index contributed by atoms with van der Waals surface area (Å²) in [7, 11) is 3.05. The number of nitrogens with one attached hydrogen (secondary N) is 3. The number of hydrogen-bond acceptors (Lipinski definition) is 6. The number of hydrogen-bond donors (Lipinski definition) is 3. The van der Waals surface area contributed by atoms with E-state index in [-0.39, 0.29) is 30.1 Å². The number of rotatable bonds is 6. The highest BCUT2D eigenvalue weighted by atomic mass is 16.6. The summed E-state index contributed by atoms with van der Waals surface area (Å²) in [6, 6.07) is 16.8. The van der Waals surface area contributed by atoms with Crippen LogP contribution in [0.3, 0.4) is 0 Å². The molecule has 0 aliphatic carbocycles. The van der Waals surface area contributed by atoms with E-state index in [1.54, 1.807) is 24.1 Å². The second kappa shape index (κ2) is 10.9. The molecule has 0 atom stereocenters. The molecule has 0 bridgehead atoms. The van der Waals surface area contributed by atoms with Crippen LogP contribution >= 0.6 is 0 Å². The van der Waals surface area contributed by atoms with Gasteiger partial charge in [-0.2, -0.15) is 0 Å². The van der Waals surface area contributed by atoms with Crippen molar-refractivity contribution in [1.82, 2.24) is 14.5 Å². The van der Waals surface area contributed by atoms with Crippen LogP contribution in [-0.4, -0.2) is 46.6 Å². The van der Waals surface area contributed by atoms with Gasteiger partial charge in [0.15, 0.2) is 0 Å². The Labute approximate surface area is 207 Å². The van der Waals surface area contributed by atoms with Gasteiger partial charge in [0.25, 0.3) is 11.5 Å². The van der Waals surface area contributed by atoms with Crippen LogP contribution in [0.25, 0.3) is 0 Å². The Morgan fingerprint density at radius 1 is 1.03 bits per heavy atom. The molecule has 1 aliphatic heterocycles. The number of carbonyl (C=O) groups is 2. The first-order valence-electron chi connectivity index (χ1n) is 11.8. The number of carbonyl (C=O) groups excluding carboxylic acids is 2. The van der Waals surface area contributed by atoms with Crippen LogP contribution < -0.4 is 21.9 Å². The number of nitrogens with zero attached hydrogens (tertiary/aromatic N) is 2. The van der Waals surface area contributed by atoms with E-state index in [0.717, 1.165) is 24.0 Å². The van der Waals surface area contributed by atoms with Gasteiger partial charge in [0, 0.05) is 32.7 Å². The number of piperidine rings is 1. The third-order valence-electron chi connectivity index (χ3n) is 6.40. The Kier molecular flexibility index (Phi) is 7.53. The first-order valence-corrected chi connectivity index (χ1v) is 11.8. The summed E-state index contributed by atoms with van der Waals surface area (Å²) in [5.74, 6) is 0.0172. The highest BCUT2D eigenvalue weighted by Crippen LogP contribution is 2.28. The Hall–Kier alpha value is -4.34. The SMILES string of the molecule is CNc1c(NC(=O)c2ccc(C3CCN(C(=O)OCc4ccccc4)CC3)cc2)c(=O)[nH]c(=O)n1C. The van der Waals surface area contributed by atoms with Crippen LogP contribution in [0.4, 0.5) is 16.3 Å². The van der Waals surface area contributed by atoms with Crippen molar-refractivity contribution < 1.29 is 14.3 Å². The predicted molar refractivity (Wildman–Crippen MR) is 136 cm³/mol. The van der Waals surface area contributed by atoms with E-state index < -0.39 is 17.2 Å². The fourth-order valence-electron chi connectivity index (χ4n) is 4.33. The van der Waals surface area contributed by atoms with Crippen LogP contribution in [0.15, 0.2) is 64.2 Å². The van der Waals surface area contributed by atoms with Gasteiger partial charge in [-0.15, -0.1) is 0 Å². The lowest BCUT2D eigenvalue weighted by Gasteiger charge is -2.31. The summed E-state index contributed by atoms with van der Waals surface area (Å²) in [4.78, 5) is 53.1. The molecule has 10 heteroatoms. The largest absolute Gasteiger partial charge is 0.445 e. The van der Waals surface area contributed by atoms with E-state index in [1.165, 1.54) is 11.6 Å². The summed E-state index contributed by atoms with van der Waals surface area (Å²) in [6.07, 6.45) is 1.29. The summed E-state index contributed by atoms with van der Waals surface area (Å²) in [5, 5.41) is 5.37. The summed E-state index contributed by atoms with van der Waals surface area (Å²) in [5.41, 5.74) is 1.13. The summed E-state index contributed by atoms with van der Waals surface area (Å²) in [6.45, 7) is 1.45. The van der Waals surface area contributed by atoms with Gasteiger partial charge in [0.2, 0.25) is 0 Å². The molecular weight excluding hydrogens is 462 g/mol. The van der Waals surface area contributed by atoms with Gasteiger partial charge in [-0.05, 0) is 42.0 Å². The Morgan fingerprint density at radius 2 is 1.69 bits per heavy atom. The first kappa shape index (κ1) is 24.8. The van der Waals surface area contributed by atoms with E-state index >= 15 is 0 Å². The zero-order valence-electron chi connectivity index (χ0n) is 20.2. The Morgan fingerprint density at radius 3 is 2.33 bits per heavy atom. The monoisotopic (exact) mass is 491 g/mol. The molecule has 0 spiro atoms. The lowest BCUT2D eigenvalue weighted by atomic mass is 9.89. The maximum atomic E-state index is 12.8. The van der Waals surface area contributed by atoms with Crippen molar-refractivity contribution in [3.8, 4) is 0 Å². The highest BCUT2D eigenvalue weighted by molar-refractivity contribution is 6.05. The van der Waals surface area contributed by atoms with Gasteiger partial charge >= 0.3 is 11.8 Å². The average molecular weight is 492 g/mol. The molecule has 1 aromatic heterocycles. The van der Waals surface area contributed by atoms with Crippen LogP contribution in [0.5, 0.6) is 0 Å². The van der Waals surface area contributed by atoms with E-state index in [9.17, 15) is 19.2 Å². The molecule has 2 aromatic carbocycles. The van der Waals surface area contributed by atoms with Crippen LogP contribution in [-0.2, 0) is 18.4 Å². The number of likely N-dealkylation sites (tertiary alicyclic amines) is 1. The van der Waals surface area contributed by atoms with Crippen molar-refractivity contribution in [2.45, 2.75) is 25.4 Å². The van der Waals surface area contributed by atoms with Crippen LogP contribution in [0.2, 0.25) is 0 Å². The number of ether oxygens (including phenoxy) is 1. The van der Waals surface area contributed by atoms with E-state index in [4.69, 9.17) is 4.74 Å². The molecule has 0 saturated carbocycles. The van der Waals surface area contributed by atoms with Gasteiger partial charge < -0.3 is 20.3 Å². The predicted octanol–water partition coefficient (Wildman–Crippen LogP) is 2.88. The van der Waals surface area contributed by atoms with E-state index in [1.807, 2.05) is 42.5 Å². The zero-order valence-corrected chi connectivity index (χ0v) is 20.2. The van der Waals surface area contributed by atoms with Gasteiger partial charge in [-0.25, -0.2) is 9.59 Å². The van der Waals surface area contributed by atoms with Crippen molar-refractivity contribution in [2.75, 3.05) is 30.8 Å². The van der Waals surface area contributed by atoms with E-state index in [2.05, 4.69) is 15.6 Å². The molecule has 0 unspecified atom stereocenters. The lowest BCUT2D eigenvalue weighted by molar-refractivity contribution is 0.0870. The number of aromatic nitrogens is 2. The van der Waals surface area contributed by atoms with Crippen molar-refractivity contribution in [3.63, 3.8) is 0 Å². The minimum absolute atomic E-state index is 0.0276. The molecule has 1 saturated heterocycles. The van der Waals surface area contributed by atoms with Gasteiger partial charge in [-0.3, -0.25) is 19.1 Å². The maximum absolute atomic E-state index is 12.8. The molecule has 4 rings (SSSR count). The number of amides is 2. The second-order valence-corrected chi connectivity index (χ2v) is 8.67. The Bertz CT molecular complexity index is 1340. The molecule has 3 aromatic rings. The van der Waals surface area contributed by atoms with Crippen molar-refractivity contribution in [3.05, 3.63) is 92.1 Å². The summed E-state index contributed by atoms with van der Waals surface area (Å²) < 4.78 is 6.65. The molecular formula is C26H29N5O5. The van der Waals surface area contributed by atoms with Gasteiger partial charge in [0.1, 0.15) is 18.1 Å². The fraction of sp³-hybridized carbons (Fsp3) is 0.308. The number of aromatic amines is 1. The van der Waals surface area contributed by atoms with E-state index in [0.29, 0.717) is 18.7 Å². The first-order chi connectivity index (χ1) is 17.4. The van der Waals surface area contributed by atoms with Crippen molar-refractivity contribution in [1.29, 1.82) is 0 Å². The Balaban J connectivity index is 1.33. The maximum Gasteiger partial charge on any atom is 0.410 e. The molecule has 36 heavy (non-hydrogen) atoms.